The second-order valence-electron chi connectivity index (χ2n) is 4.45. The third-order valence-corrected chi connectivity index (χ3v) is 3.40. The molecule has 2 bridgehead atoms. The molecular formula is C10H17N3O. The van der Waals surface area contributed by atoms with E-state index in [-0.39, 0.29) is 0 Å². The number of rotatable bonds is 0. The summed E-state index contributed by atoms with van der Waals surface area (Å²) < 4.78 is 5.59. The Hall–Kier alpha value is -0.770. The highest BCUT2D eigenvalue weighted by Crippen LogP contribution is 2.28. The molecule has 0 spiro atoms. The van der Waals surface area contributed by atoms with Gasteiger partial charge in [-0.1, -0.05) is 0 Å². The summed E-state index contributed by atoms with van der Waals surface area (Å²) in [5.41, 5.74) is 0. The molecule has 0 aromatic heterocycles. The highest BCUT2D eigenvalue weighted by molar-refractivity contribution is 5.81. The van der Waals surface area contributed by atoms with Crippen molar-refractivity contribution in [2.75, 3.05) is 33.3 Å². The van der Waals surface area contributed by atoms with Gasteiger partial charge in [0.05, 0.1) is 18.8 Å². The van der Waals surface area contributed by atoms with Crippen LogP contribution in [0.5, 0.6) is 0 Å². The standard InChI is InChI=1S/C10H17N3O/c1-12-4-2-3-11-10(12)13-6-9-5-8(13)7-14-9/h8-9H,2-7H2,1H3. The lowest BCUT2D eigenvalue weighted by atomic mass is 10.2. The molecule has 3 rings (SSSR count). The molecule has 2 unspecified atom stereocenters. The zero-order chi connectivity index (χ0) is 9.54. The topological polar surface area (TPSA) is 28.1 Å². The minimum Gasteiger partial charge on any atom is -0.374 e. The van der Waals surface area contributed by atoms with Crippen molar-refractivity contribution in [3.63, 3.8) is 0 Å². The molecule has 2 saturated heterocycles. The number of morpholine rings is 1. The number of nitrogens with zero attached hydrogens (tertiary/aromatic N) is 3. The van der Waals surface area contributed by atoms with E-state index in [9.17, 15) is 0 Å². The minimum absolute atomic E-state index is 0.470. The minimum atomic E-state index is 0.470. The van der Waals surface area contributed by atoms with Gasteiger partial charge in [0.2, 0.25) is 0 Å². The van der Waals surface area contributed by atoms with Gasteiger partial charge in [-0.25, -0.2) is 0 Å². The summed E-state index contributed by atoms with van der Waals surface area (Å²) in [6, 6.07) is 0.597. The van der Waals surface area contributed by atoms with Crippen molar-refractivity contribution >= 4 is 5.96 Å². The molecular weight excluding hydrogens is 178 g/mol. The number of hydrogen-bond donors (Lipinski definition) is 0. The van der Waals surface area contributed by atoms with Crippen molar-refractivity contribution in [2.24, 2.45) is 4.99 Å². The fraction of sp³-hybridized carbons (Fsp3) is 0.900. The van der Waals surface area contributed by atoms with Crippen LogP contribution in [0, 0.1) is 0 Å². The van der Waals surface area contributed by atoms with E-state index in [2.05, 4.69) is 21.8 Å². The molecule has 3 heterocycles. The lowest BCUT2D eigenvalue weighted by Gasteiger charge is -2.36. The summed E-state index contributed by atoms with van der Waals surface area (Å²) in [6.45, 7) is 4.09. The third kappa shape index (κ3) is 1.21. The van der Waals surface area contributed by atoms with Gasteiger partial charge in [-0.3, -0.25) is 4.99 Å². The molecule has 0 aromatic rings. The molecule has 2 atom stereocenters. The molecule has 4 nitrogen and oxygen atoms in total. The molecule has 0 N–H and O–H groups in total. The number of fused-ring (bicyclic) bond motifs is 2. The maximum atomic E-state index is 5.59. The third-order valence-electron chi connectivity index (χ3n) is 3.40. The van der Waals surface area contributed by atoms with Crippen LogP contribution in [0.2, 0.25) is 0 Å². The Morgan fingerprint density at radius 2 is 2.43 bits per heavy atom. The lowest BCUT2D eigenvalue weighted by molar-refractivity contribution is 0.0520. The molecule has 2 fully saturated rings. The van der Waals surface area contributed by atoms with E-state index in [0.717, 1.165) is 26.2 Å². The number of guanidine groups is 1. The number of aliphatic imine (C=N–C) groups is 1. The van der Waals surface area contributed by atoms with E-state index in [4.69, 9.17) is 4.74 Å². The SMILES string of the molecule is CN1CCCN=C1N1CC2CC1CO2. The number of hydrogen-bond acceptors (Lipinski definition) is 4. The van der Waals surface area contributed by atoms with Gasteiger partial charge in [0, 0.05) is 26.7 Å². The van der Waals surface area contributed by atoms with Crippen LogP contribution in [0.25, 0.3) is 0 Å². The molecule has 0 aromatic carbocycles. The van der Waals surface area contributed by atoms with E-state index in [1.165, 1.54) is 18.8 Å². The van der Waals surface area contributed by atoms with Crippen molar-refractivity contribution in [2.45, 2.75) is 25.0 Å². The van der Waals surface area contributed by atoms with Crippen molar-refractivity contribution < 1.29 is 4.74 Å². The van der Waals surface area contributed by atoms with Crippen LogP contribution in [-0.4, -0.2) is 61.2 Å². The lowest BCUT2D eigenvalue weighted by Crippen LogP contribution is -2.50. The van der Waals surface area contributed by atoms with Crippen LogP contribution >= 0.6 is 0 Å². The Labute approximate surface area is 84.5 Å². The van der Waals surface area contributed by atoms with Gasteiger partial charge < -0.3 is 14.5 Å². The van der Waals surface area contributed by atoms with E-state index < -0.39 is 0 Å². The van der Waals surface area contributed by atoms with Gasteiger partial charge in [-0.2, -0.15) is 0 Å². The molecule has 3 aliphatic heterocycles. The second kappa shape index (κ2) is 3.12. The molecule has 14 heavy (non-hydrogen) atoms. The molecule has 0 radical (unpaired) electrons. The van der Waals surface area contributed by atoms with Gasteiger partial charge in [0.1, 0.15) is 0 Å². The summed E-state index contributed by atoms with van der Waals surface area (Å²) in [4.78, 5) is 9.34. The van der Waals surface area contributed by atoms with Crippen molar-refractivity contribution in [1.29, 1.82) is 0 Å². The molecule has 4 heteroatoms. The van der Waals surface area contributed by atoms with Crippen LogP contribution in [0.4, 0.5) is 0 Å². The first-order valence-electron chi connectivity index (χ1n) is 5.48. The summed E-state index contributed by atoms with van der Waals surface area (Å²) in [5, 5.41) is 0. The van der Waals surface area contributed by atoms with Crippen molar-refractivity contribution in [1.82, 2.24) is 9.80 Å². The Kier molecular flexibility index (Phi) is 1.90. The Morgan fingerprint density at radius 1 is 1.50 bits per heavy atom. The van der Waals surface area contributed by atoms with Gasteiger partial charge in [-0.05, 0) is 12.8 Å². The van der Waals surface area contributed by atoms with Crippen LogP contribution < -0.4 is 0 Å². The summed E-state index contributed by atoms with van der Waals surface area (Å²) in [7, 11) is 2.14. The number of likely N-dealkylation sites (tertiary alicyclic amines) is 1. The fourth-order valence-corrected chi connectivity index (χ4v) is 2.66. The number of ether oxygens (including phenoxy) is 1. The highest BCUT2D eigenvalue weighted by atomic mass is 16.5. The largest absolute Gasteiger partial charge is 0.374 e. The molecule has 0 amide bonds. The van der Waals surface area contributed by atoms with Crippen LogP contribution in [0.1, 0.15) is 12.8 Å². The summed E-state index contributed by atoms with van der Waals surface area (Å²) in [5.74, 6) is 1.20. The van der Waals surface area contributed by atoms with E-state index in [0.29, 0.717) is 12.1 Å². The summed E-state index contributed by atoms with van der Waals surface area (Å²) >= 11 is 0. The normalized spacial score (nSPS) is 36.5. The average molecular weight is 195 g/mol. The maximum Gasteiger partial charge on any atom is 0.196 e. The van der Waals surface area contributed by atoms with E-state index in [1.54, 1.807) is 0 Å². The Balaban J connectivity index is 1.78. The average Bonchev–Trinajstić information content (AvgIpc) is 2.79. The van der Waals surface area contributed by atoms with Crippen LogP contribution in [0.15, 0.2) is 4.99 Å². The summed E-state index contributed by atoms with van der Waals surface area (Å²) in [6.07, 6.45) is 2.86. The van der Waals surface area contributed by atoms with Crippen LogP contribution in [0.3, 0.4) is 0 Å². The first kappa shape index (κ1) is 8.53. The predicted molar refractivity (Wildman–Crippen MR) is 54.4 cm³/mol. The van der Waals surface area contributed by atoms with Gasteiger partial charge in [0.25, 0.3) is 0 Å². The van der Waals surface area contributed by atoms with Crippen molar-refractivity contribution in [3.8, 4) is 0 Å². The Bertz CT molecular complexity index is 266. The first-order chi connectivity index (χ1) is 6.84. The van der Waals surface area contributed by atoms with Gasteiger partial charge in [0.15, 0.2) is 5.96 Å². The molecule has 78 valence electrons. The highest BCUT2D eigenvalue weighted by Gasteiger charge is 2.41. The van der Waals surface area contributed by atoms with Crippen molar-refractivity contribution in [3.05, 3.63) is 0 Å². The zero-order valence-corrected chi connectivity index (χ0v) is 8.65. The van der Waals surface area contributed by atoms with E-state index >= 15 is 0 Å². The second-order valence-corrected chi connectivity index (χ2v) is 4.45. The van der Waals surface area contributed by atoms with E-state index in [1.807, 2.05) is 0 Å². The smallest absolute Gasteiger partial charge is 0.196 e. The Morgan fingerprint density at radius 3 is 3.07 bits per heavy atom. The molecule has 0 aliphatic carbocycles. The van der Waals surface area contributed by atoms with Gasteiger partial charge in [-0.15, -0.1) is 0 Å². The van der Waals surface area contributed by atoms with Gasteiger partial charge >= 0.3 is 0 Å². The molecule has 3 aliphatic rings. The molecule has 0 saturated carbocycles. The zero-order valence-electron chi connectivity index (χ0n) is 8.65. The first-order valence-corrected chi connectivity index (χ1v) is 5.48. The maximum absolute atomic E-state index is 5.59. The quantitative estimate of drug-likeness (QED) is 0.551. The monoisotopic (exact) mass is 195 g/mol. The fourth-order valence-electron chi connectivity index (χ4n) is 2.66. The predicted octanol–water partition coefficient (Wildman–Crippen LogP) is 0.151. The van der Waals surface area contributed by atoms with Crippen LogP contribution in [-0.2, 0) is 4.74 Å².